The Morgan fingerprint density at radius 1 is 0.759 bits per heavy atom. The van der Waals surface area contributed by atoms with Crippen molar-refractivity contribution >= 4 is 56.5 Å². The van der Waals surface area contributed by atoms with E-state index in [1.54, 1.807) is 0 Å². The maximum Gasteiger partial charge on any atom is 0.283 e. The van der Waals surface area contributed by atoms with Crippen LogP contribution in [0.1, 0.15) is 16.7 Å². The van der Waals surface area contributed by atoms with E-state index >= 15 is 0 Å². The highest BCUT2D eigenvalue weighted by molar-refractivity contribution is 7.87. The molecule has 3 aromatic carbocycles. The van der Waals surface area contributed by atoms with Crippen molar-refractivity contribution in [2.45, 2.75) is 4.75 Å². The lowest BCUT2D eigenvalue weighted by Crippen LogP contribution is -2.38. The first-order valence-electron chi connectivity index (χ1n) is 7.89. The zero-order chi connectivity index (χ0) is 21.6. The Kier molecular flexibility index (Phi) is 5.98. The first kappa shape index (κ1) is 22.0. The third kappa shape index (κ3) is 3.65. The fraction of sp³-hybridized carbons (Fsp3) is 0.0526. The second-order valence-electron chi connectivity index (χ2n) is 6.08. The first-order chi connectivity index (χ1) is 13.5. The van der Waals surface area contributed by atoms with Crippen molar-refractivity contribution in [3.05, 3.63) is 91.4 Å². The number of hydrogen-bond donors (Lipinski definition) is 3. The molecule has 0 aromatic heterocycles. The first-order valence-corrected chi connectivity index (χ1v) is 10.8. The largest absolute Gasteiger partial charge is 0.508 e. The van der Waals surface area contributed by atoms with E-state index in [1.165, 1.54) is 54.6 Å². The molecule has 0 heterocycles. The van der Waals surface area contributed by atoms with Crippen LogP contribution in [0, 0.1) is 0 Å². The summed E-state index contributed by atoms with van der Waals surface area (Å²) in [4.78, 5) is 0. The zero-order valence-electron chi connectivity index (χ0n) is 14.3. The molecule has 0 radical (unpaired) electrons. The summed E-state index contributed by atoms with van der Waals surface area (Å²) in [5, 5.41) is 21.2. The van der Waals surface area contributed by atoms with Gasteiger partial charge >= 0.3 is 0 Å². The topological polar surface area (TPSA) is 94.8 Å². The van der Waals surface area contributed by atoms with Crippen molar-refractivity contribution in [3.8, 4) is 11.5 Å². The Labute approximate surface area is 186 Å². The van der Waals surface area contributed by atoms with Gasteiger partial charge in [-0.15, -0.1) is 0 Å². The summed E-state index contributed by atoms with van der Waals surface area (Å²) in [6, 6.07) is 11.6. The lowest BCUT2D eigenvalue weighted by Gasteiger charge is -2.33. The van der Waals surface area contributed by atoms with Crippen LogP contribution < -0.4 is 0 Å². The summed E-state index contributed by atoms with van der Waals surface area (Å²) in [5.74, 6) is -1.18. The Bertz CT molecular complexity index is 1200. The number of phenolic OH excluding ortho intramolecular Hbond substituents is 2. The van der Waals surface area contributed by atoms with Crippen molar-refractivity contribution in [3.63, 3.8) is 0 Å². The minimum atomic E-state index is -5.11. The summed E-state index contributed by atoms with van der Waals surface area (Å²) >= 11 is 24.0. The van der Waals surface area contributed by atoms with Crippen LogP contribution in [-0.4, -0.2) is 23.2 Å². The molecular formula is C19H12Cl4O5S. The van der Waals surface area contributed by atoms with Crippen LogP contribution in [0.5, 0.6) is 11.5 Å². The van der Waals surface area contributed by atoms with Crippen LogP contribution in [0.2, 0.25) is 20.1 Å². The average Bonchev–Trinajstić information content (AvgIpc) is 2.65. The number of aromatic hydroxyl groups is 2. The number of rotatable bonds is 4. The zero-order valence-corrected chi connectivity index (χ0v) is 18.1. The average molecular weight is 494 g/mol. The molecule has 29 heavy (non-hydrogen) atoms. The second-order valence-corrected chi connectivity index (χ2v) is 9.30. The van der Waals surface area contributed by atoms with Gasteiger partial charge in [-0.3, -0.25) is 4.55 Å². The summed E-state index contributed by atoms with van der Waals surface area (Å²) in [6.07, 6.45) is 0. The maximum atomic E-state index is 12.9. The van der Waals surface area contributed by atoms with Crippen LogP contribution in [0.25, 0.3) is 0 Å². The fourth-order valence-electron chi connectivity index (χ4n) is 3.18. The molecule has 152 valence electrons. The monoisotopic (exact) mass is 492 g/mol. The van der Waals surface area contributed by atoms with Crippen molar-refractivity contribution in [2.24, 2.45) is 0 Å². The second kappa shape index (κ2) is 7.87. The van der Waals surface area contributed by atoms with Crippen LogP contribution >= 0.6 is 46.4 Å². The quantitative estimate of drug-likeness (QED) is 0.311. The standard InChI is InChI=1S/C19H12Cl4O5S/c20-11-3-1-10(2-4-11)19(29(26,27)28,14-9-12(21)5-8-16(14)24)13-6-7-15(22)17(23)18(13)25/h1-9,24-25H,(H,26,27,28). The lowest BCUT2D eigenvalue weighted by atomic mass is 9.83. The van der Waals surface area contributed by atoms with Crippen molar-refractivity contribution in [1.29, 1.82) is 0 Å². The molecule has 1 atom stereocenters. The van der Waals surface area contributed by atoms with Crippen molar-refractivity contribution < 1.29 is 23.2 Å². The van der Waals surface area contributed by atoms with Crippen molar-refractivity contribution in [2.75, 3.05) is 0 Å². The summed E-state index contributed by atoms with van der Waals surface area (Å²) in [7, 11) is -5.11. The Morgan fingerprint density at radius 2 is 1.34 bits per heavy atom. The third-order valence-corrected chi connectivity index (χ3v) is 7.15. The maximum absolute atomic E-state index is 12.9. The Morgan fingerprint density at radius 3 is 1.93 bits per heavy atom. The molecule has 10 heteroatoms. The number of phenols is 2. The summed E-state index contributed by atoms with van der Waals surface area (Å²) in [6.45, 7) is 0. The molecule has 0 aliphatic heterocycles. The molecule has 0 amide bonds. The predicted octanol–water partition coefficient (Wildman–Crippen LogP) is 5.89. The van der Waals surface area contributed by atoms with Gasteiger partial charge in [0.2, 0.25) is 0 Å². The van der Waals surface area contributed by atoms with Gasteiger partial charge in [0.1, 0.15) is 16.5 Å². The van der Waals surface area contributed by atoms with Crippen molar-refractivity contribution in [1.82, 2.24) is 0 Å². The number of hydrogen-bond acceptors (Lipinski definition) is 4. The molecule has 0 spiro atoms. The molecule has 3 aromatic rings. The highest BCUT2D eigenvalue weighted by Crippen LogP contribution is 2.52. The highest BCUT2D eigenvalue weighted by Gasteiger charge is 2.52. The molecule has 5 nitrogen and oxygen atoms in total. The molecule has 0 saturated heterocycles. The van der Waals surface area contributed by atoms with E-state index in [0.717, 1.165) is 0 Å². The van der Waals surface area contributed by atoms with Crippen LogP contribution in [0.3, 0.4) is 0 Å². The van der Waals surface area contributed by atoms with E-state index < -0.39 is 26.4 Å². The van der Waals surface area contributed by atoms with E-state index in [1.807, 2.05) is 0 Å². The van der Waals surface area contributed by atoms with Gasteiger partial charge in [0, 0.05) is 21.2 Å². The molecule has 0 aliphatic rings. The molecule has 0 fully saturated rings. The predicted molar refractivity (Wildman–Crippen MR) is 114 cm³/mol. The number of benzene rings is 3. The van der Waals surface area contributed by atoms with Gasteiger partial charge in [0.15, 0.2) is 4.75 Å². The minimum Gasteiger partial charge on any atom is -0.508 e. The van der Waals surface area contributed by atoms with E-state index in [0.29, 0.717) is 5.02 Å². The molecular weight excluding hydrogens is 482 g/mol. The Balaban J connectivity index is 2.61. The van der Waals surface area contributed by atoms with Gasteiger partial charge in [-0.25, -0.2) is 0 Å². The molecule has 3 N–H and O–H groups in total. The molecule has 3 rings (SSSR count). The summed E-state index contributed by atoms with van der Waals surface area (Å²) in [5.41, 5.74) is -0.673. The van der Waals surface area contributed by atoms with Crippen LogP contribution in [0.4, 0.5) is 0 Å². The molecule has 1 unspecified atom stereocenters. The minimum absolute atomic E-state index is 0.0318. The third-order valence-electron chi connectivity index (χ3n) is 4.42. The van der Waals surface area contributed by atoms with Crippen LogP contribution in [0.15, 0.2) is 54.6 Å². The van der Waals surface area contributed by atoms with E-state index in [4.69, 9.17) is 46.4 Å². The van der Waals surface area contributed by atoms with Gasteiger partial charge in [-0.05, 0) is 42.0 Å². The highest BCUT2D eigenvalue weighted by atomic mass is 35.5. The van der Waals surface area contributed by atoms with Gasteiger partial charge in [-0.1, -0.05) is 64.6 Å². The van der Waals surface area contributed by atoms with E-state index in [9.17, 15) is 23.2 Å². The van der Waals surface area contributed by atoms with E-state index in [2.05, 4.69) is 0 Å². The SMILES string of the molecule is O=S(=O)(O)C(c1ccc(Cl)cc1)(c1cc(Cl)ccc1O)c1ccc(Cl)c(Cl)c1O. The molecule has 0 aliphatic carbocycles. The molecule has 0 bridgehead atoms. The van der Waals surface area contributed by atoms with Gasteiger partial charge < -0.3 is 10.2 Å². The normalized spacial score (nSPS) is 13.8. The van der Waals surface area contributed by atoms with Gasteiger partial charge in [0.05, 0.1) is 5.02 Å². The lowest BCUT2D eigenvalue weighted by molar-refractivity contribution is 0.428. The van der Waals surface area contributed by atoms with E-state index in [-0.39, 0.29) is 31.8 Å². The fourth-order valence-corrected chi connectivity index (χ4v) is 5.12. The smallest absolute Gasteiger partial charge is 0.283 e. The van der Waals surface area contributed by atoms with Crippen LogP contribution in [-0.2, 0) is 14.9 Å². The number of halogens is 4. The Hall–Kier alpha value is -1.67. The van der Waals surface area contributed by atoms with Gasteiger partial charge in [0.25, 0.3) is 10.1 Å². The molecule has 0 saturated carbocycles. The van der Waals surface area contributed by atoms with Gasteiger partial charge in [-0.2, -0.15) is 8.42 Å². The summed E-state index contributed by atoms with van der Waals surface area (Å²) < 4.78 is 33.8.